The summed E-state index contributed by atoms with van der Waals surface area (Å²) in [6.45, 7) is 3.06. The Hall–Kier alpha value is -1.53. The highest BCUT2D eigenvalue weighted by Crippen LogP contribution is 2.24. The van der Waals surface area contributed by atoms with Crippen LogP contribution in [0.4, 0.5) is 14.5 Å². The van der Waals surface area contributed by atoms with Gasteiger partial charge in [0.1, 0.15) is 11.6 Å². The molecule has 0 aromatic heterocycles. The first-order valence-corrected chi connectivity index (χ1v) is 7.32. The van der Waals surface area contributed by atoms with Gasteiger partial charge in [-0.25, -0.2) is 8.78 Å². The Morgan fingerprint density at radius 2 is 2.05 bits per heavy atom. The van der Waals surface area contributed by atoms with Gasteiger partial charge in [-0.3, -0.25) is 9.69 Å². The van der Waals surface area contributed by atoms with Crippen LogP contribution in [0.5, 0.6) is 0 Å². The number of carbonyl (C=O) groups is 1. The molecule has 1 aromatic carbocycles. The number of likely N-dealkylation sites (tertiary alicyclic amines) is 1. The van der Waals surface area contributed by atoms with Gasteiger partial charge in [-0.05, 0) is 37.4 Å². The number of hydrogen-bond acceptors (Lipinski definition) is 3. The molecular weight excluding hydrogens is 276 g/mol. The Labute approximate surface area is 122 Å². The lowest BCUT2D eigenvalue weighted by molar-refractivity contribution is -0.117. The number of nitrogens with zero attached hydrogens (tertiary/aromatic N) is 1. The van der Waals surface area contributed by atoms with Gasteiger partial charge in [-0.2, -0.15) is 0 Å². The topological polar surface area (TPSA) is 44.4 Å². The average molecular weight is 295 g/mol. The van der Waals surface area contributed by atoms with Gasteiger partial charge in [0.25, 0.3) is 0 Å². The molecule has 21 heavy (non-hydrogen) atoms. The SMILES string of the molecule is O=C(CN1CC2CCCNC2C1)Nc1cc(F)cc(F)c1. The molecule has 2 fully saturated rings. The molecule has 2 atom stereocenters. The number of piperidine rings is 1. The van der Waals surface area contributed by atoms with E-state index >= 15 is 0 Å². The van der Waals surface area contributed by atoms with Gasteiger partial charge >= 0.3 is 0 Å². The maximum atomic E-state index is 13.1. The smallest absolute Gasteiger partial charge is 0.238 e. The number of hydrogen-bond donors (Lipinski definition) is 2. The molecule has 6 heteroatoms. The van der Waals surface area contributed by atoms with Gasteiger partial charge in [-0.15, -0.1) is 0 Å². The summed E-state index contributed by atoms with van der Waals surface area (Å²) in [6, 6.07) is 3.49. The Morgan fingerprint density at radius 1 is 1.29 bits per heavy atom. The third-order valence-electron chi connectivity index (χ3n) is 4.19. The van der Waals surface area contributed by atoms with E-state index in [1.165, 1.54) is 12.8 Å². The van der Waals surface area contributed by atoms with E-state index in [1.807, 2.05) is 0 Å². The summed E-state index contributed by atoms with van der Waals surface area (Å²) >= 11 is 0. The van der Waals surface area contributed by atoms with Crippen LogP contribution in [0.2, 0.25) is 0 Å². The fraction of sp³-hybridized carbons (Fsp3) is 0.533. The lowest BCUT2D eigenvalue weighted by atomic mass is 9.94. The number of halogens is 2. The second-order valence-electron chi connectivity index (χ2n) is 5.86. The zero-order valence-electron chi connectivity index (χ0n) is 11.7. The van der Waals surface area contributed by atoms with Crippen molar-refractivity contribution < 1.29 is 13.6 Å². The number of fused-ring (bicyclic) bond motifs is 1. The Balaban J connectivity index is 1.54. The normalized spacial score (nSPS) is 25.6. The van der Waals surface area contributed by atoms with Crippen LogP contribution in [0.1, 0.15) is 12.8 Å². The average Bonchev–Trinajstić information content (AvgIpc) is 2.78. The lowest BCUT2D eigenvalue weighted by Crippen LogP contribution is -2.41. The zero-order valence-corrected chi connectivity index (χ0v) is 11.7. The summed E-state index contributed by atoms with van der Waals surface area (Å²) in [5.74, 6) is -1.01. The van der Waals surface area contributed by atoms with Crippen molar-refractivity contribution in [3.63, 3.8) is 0 Å². The summed E-state index contributed by atoms with van der Waals surface area (Å²) in [5.41, 5.74) is 0.159. The van der Waals surface area contributed by atoms with Crippen molar-refractivity contribution in [3.8, 4) is 0 Å². The van der Waals surface area contributed by atoms with Gasteiger partial charge < -0.3 is 10.6 Å². The molecule has 2 aliphatic rings. The Morgan fingerprint density at radius 3 is 2.76 bits per heavy atom. The van der Waals surface area contributed by atoms with Crippen LogP contribution in [-0.2, 0) is 4.79 Å². The first-order valence-electron chi connectivity index (χ1n) is 7.32. The van der Waals surface area contributed by atoms with E-state index in [2.05, 4.69) is 15.5 Å². The minimum atomic E-state index is -0.693. The van der Waals surface area contributed by atoms with E-state index in [9.17, 15) is 13.6 Å². The third kappa shape index (κ3) is 3.57. The van der Waals surface area contributed by atoms with Crippen LogP contribution < -0.4 is 10.6 Å². The summed E-state index contributed by atoms with van der Waals surface area (Å²) in [7, 11) is 0. The summed E-state index contributed by atoms with van der Waals surface area (Å²) in [4.78, 5) is 14.1. The maximum absolute atomic E-state index is 13.1. The largest absolute Gasteiger partial charge is 0.325 e. The number of nitrogens with one attached hydrogen (secondary N) is 2. The van der Waals surface area contributed by atoms with Gasteiger partial charge in [-0.1, -0.05) is 0 Å². The molecule has 0 radical (unpaired) electrons. The first kappa shape index (κ1) is 14.4. The molecule has 0 aliphatic carbocycles. The molecule has 3 rings (SSSR count). The molecule has 1 aromatic rings. The number of carbonyl (C=O) groups excluding carboxylic acids is 1. The molecule has 4 nitrogen and oxygen atoms in total. The lowest BCUT2D eigenvalue weighted by Gasteiger charge is -2.24. The molecule has 2 aliphatic heterocycles. The molecule has 114 valence electrons. The fourth-order valence-electron chi connectivity index (χ4n) is 3.29. The van der Waals surface area contributed by atoms with Gasteiger partial charge in [0.05, 0.1) is 6.54 Å². The molecule has 0 bridgehead atoms. The van der Waals surface area contributed by atoms with Crippen molar-refractivity contribution in [2.75, 3.05) is 31.5 Å². The number of benzene rings is 1. The molecule has 2 unspecified atom stereocenters. The molecule has 1 amide bonds. The van der Waals surface area contributed by atoms with Crippen molar-refractivity contribution >= 4 is 11.6 Å². The molecule has 2 N–H and O–H groups in total. The minimum absolute atomic E-state index is 0.159. The number of rotatable bonds is 3. The summed E-state index contributed by atoms with van der Waals surface area (Å²) < 4.78 is 26.1. The van der Waals surface area contributed by atoms with Crippen LogP contribution in [0, 0.1) is 17.6 Å². The molecule has 2 saturated heterocycles. The molecule has 2 heterocycles. The van der Waals surface area contributed by atoms with Crippen molar-refractivity contribution in [2.45, 2.75) is 18.9 Å². The van der Waals surface area contributed by atoms with E-state index in [0.717, 1.165) is 37.8 Å². The van der Waals surface area contributed by atoms with Crippen LogP contribution in [-0.4, -0.2) is 43.0 Å². The van der Waals surface area contributed by atoms with Gasteiger partial charge in [0.15, 0.2) is 0 Å². The van der Waals surface area contributed by atoms with E-state index in [4.69, 9.17) is 0 Å². The van der Waals surface area contributed by atoms with Crippen molar-refractivity contribution in [3.05, 3.63) is 29.8 Å². The quantitative estimate of drug-likeness (QED) is 0.890. The van der Waals surface area contributed by atoms with E-state index in [-0.39, 0.29) is 18.1 Å². The molecule has 0 saturated carbocycles. The molecular formula is C15H19F2N3O. The second kappa shape index (κ2) is 6.07. The zero-order chi connectivity index (χ0) is 14.8. The van der Waals surface area contributed by atoms with Crippen molar-refractivity contribution in [1.82, 2.24) is 10.2 Å². The first-order chi connectivity index (χ1) is 10.1. The predicted molar refractivity (Wildman–Crippen MR) is 75.9 cm³/mol. The van der Waals surface area contributed by atoms with E-state index in [1.54, 1.807) is 0 Å². The standard InChI is InChI=1S/C15H19F2N3O/c16-11-4-12(17)6-13(5-11)19-15(21)9-20-7-10-2-1-3-18-14(10)8-20/h4-6,10,14,18H,1-3,7-9H2,(H,19,21). The maximum Gasteiger partial charge on any atom is 0.238 e. The highest BCUT2D eigenvalue weighted by atomic mass is 19.1. The van der Waals surface area contributed by atoms with Crippen molar-refractivity contribution in [2.24, 2.45) is 5.92 Å². The summed E-state index contributed by atoms with van der Waals surface area (Å²) in [6.07, 6.45) is 2.38. The van der Waals surface area contributed by atoms with Crippen LogP contribution in [0.3, 0.4) is 0 Å². The molecule has 0 spiro atoms. The Kier molecular flexibility index (Phi) is 4.17. The third-order valence-corrected chi connectivity index (χ3v) is 4.19. The van der Waals surface area contributed by atoms with Crippen LogP contribution >= 0.6 is 0 Å². The number of amides is 1. The predicted octanol–water partition coefficient (Wildman–Crippen LogP) is 1.59. The van der Waals surface area contributed by atoms with E-state index in [0.29, 0.717) is 12.0 Å². The monoisotopic (exact) mass is 295 g/mol. The van der Waals surface area contributed by atoms with Crippen molar-refractivity contribution in [1.29, 1.82) is 0 Å². The second-order valence-corrected chi connectivity index (χ2v) is 5.86. The highest BCUT2D eigenvalue weighted by Gasteiger charge is 2.34. The fourth-order valence-corrected chi connectivity index (χ4v) is 3.29. The van der Waals surface area contributed by atoms with Crippen LogP contribution in [0.15, 0.2) is 18.2 Å². The minimum Gasteiger partial charge on any atom is -0.325 e. The van der Waals surface area contributed by atoms with Crippen LogP contribution in [0.25, 0.3) is 0 Å². The highest BCUT2D eigenvalue weighted by molar-refractivity contribution is 5.92. The van der Waals surface area contributed by atoms with Gasteiger partial charge in [0, 0.05) is 30.9 Å². The van der Waals surface area contributed by atoms with Gasteiger partial charge in [0.2, 0.25) is 5.91 Å². The number of anilines is 1. The Bertz CT molecular complexity index is 503. The summed E-state index contributed by atoms with van der Waals surface area (Å²) in [5, 5.41) is 6.03. The van der Waals surface area contributed by atoms with E-state index < -0.39 is 11.6 Å².